The molecule has 6 nitrogen and oxygen atoms in total. The average Bonchev–Trinajstić information content (AvgIpc) is 2.56. The first-order chi connectivity index (χ1) is 11.9. The molecule has 158 valence electrons. The van der Waals surface area contributed by atoms with E-state index in [1.165, 1.54) is 6.42 Å². The van der Waals surface area contributed by atoms with Gasteiger partial charge in [0.2, 0.25) is 0 Å². The zero-order valence-corrected chi connectivity index (χ0v) is 20.1. The Hall–Kier alpha value is -0.120. The van der Waals surface area contributed by atoms with E-state index in [1.54, 1.807) is 0 Å². The molecule has 0 aliphatic carbocycles. The Bertz CT molecular complexity index is 340. The third kappa shape index (κ3) is 16.1. The summed E-state index contributed by atoms with van der Waals surface area (Å²) in [5.41, 5.74) is 0. The first kappa shape index (κ1) is 28.1. The lowest BCUT2D eigenvalue weighted by molar-refractivity contribution is 0.0301. The van der Waals surface area contributed by atoms with E-state index < -0.39 is 6.10 Å². The summed E-state index contributed by atoms with van der Waals surface area (Å²) in [5.74, 6) is 1.24. The smallest absolute Gasteiger partial charge is 0.191 e. The van der Waals surface area contributed by atoms with Gasteiger partial charge in [0.15, 0.2) is 5.96 Å². The molecule has 26 heavy (non-hydrogen) atoms. The van der Waals surface area contributed by atoms with E-state index in [1.807, 2.05) is 6.92 Å². The third-order valence-electron chi connectivity index (χ3n) is 3.95. The molecule has 2 atom stereocenters. The van der Waals surface area contributed by atoms with Gasteiger partial charge in [-0.05, 0) is 52.2 Å². The van der Waals surface area contributed by atoms with Gasteiger partial charge in [0.05, 0.1) is 19.3 Å². The van der Waals surface area contributed by atoms with Gasteiger partial charge >= 0.3 is 0 Å². The number of rotatable bonds is 14. The molecule has 0 fully saturated rings. The van der Waals surface area contributed by atoms with Gasteiger partial charge in [0, 0.05) is 19.2 Å². The summed E-state index contributed by atoms with van der Waals surface area (Å²) in [7, 11) is 0. The van der Waals surface area contributed by atoms with Crippen molar-refractivity contribution in [1.82, 2.24) is 15.5 Å². The number of aliphatic hydroxyl groups is 1. The van der Waals surface area contributed by atoms with Gasteiger partial charge in [-0.25, -0.2) is 0 Å². The van der Waals surface area contributed by atoms with Gasteiger partial charge < -0.3 is 25.4 Å². The largest absolute Gasteiger partial charge is 0.389 e. The van der Waals surface area contributed by atoms with E-state index >= 15 is 0 Å². The number of aliphatic imine (C=N–C) groups is 1. The zero-order chi connectivity index (χ0) is 19.1. The van der Waals surface area contributed by atoms with E-state index in [0.29, 0.717) is 31.7 Å². The number of ether oxygens (including phenoxy) is 1. The molecule has 0 bridgehead atoms. The highest BCUT2D eigenvalue weighted by atomic mass is 127. The number of aliphatic hydroxyl groups excluding tert-OH is 1. The van der Waals surface area contributed by atoms with Crippen LogP contribution < -0.4 is 10.6 Å². The minimum absolute atomic E-state index is 0. The van der Waals surface area contributed by atoms with Gasteiger partial charge in [-0.3, -0.25) is 4.99 Å². The van der Waals surface area contributed by atoms with Crippen LogP contribution in [0.15, 0.2) is 4.99 Å². The molecular weight excluding hydrogens is 443 g/mol. The molecule has 0 radical (unpaired) electrons. The maximum Gasteiger partial charge on any atom is 0.191 e. The summed E-state index contributed by atoms with van der Waals surface area (Å²) in [6.45, 7) is 18.3. The standard InChI is InChI=1S/C19H42N4O2.HI/c1-7-20-19(21-13-18(24)15-25-14-16(4)5)22-17(6)11-10-12-23(8-2)9-3;/h16-18,24H,7-15H2,1-6H3,(H2,20,21,22);1H. The molecule has 0 rings (SSSR count). The first-order valence-corrected chi connectivity index (χ1v) is 9.95. The molecular formula is C19H43IN4O2. The molecule has 0 amide bonds. The quantitative estimate of drug-likeness (QED) is 0.200. The van der Waals surface area contributed by atoms with Crippen molar-refractivity contribution in [2.24, 2.45) is 10.9 Å². The van der Waals surface area contributed by atoms with E-state index in [-0.39, 0.29) is 24.0 Å². The van der Waals surface area contributed by atoms with Crippen LogP contribution in [0.4, 0.5) is 0 Å². The van der Waals surface area contributed by atoms with Crippen molar-refractivity contribution in [3.05, 3.63) is 0 Å². The molecule has 0 aliphatic heterocycles. The number of nitrogens with one attached hydrogen (secondary N) is 2. The molecule has 0 aromatic heterocycles. The molecule has 0 aromatic carbocycles. The van der Waals surface area contributed by atoms with Gasteiger partial charge in [-0.2, -0.15) is 0 Å². The second kappa shape index (κ2) is 18.3. The van der Waals surface area contributed by atoms with E-state index in [2.05, 4.69) is 55.1 Å². The maximum absolute atomic E-state index is 9.98. The van der Waals surface area contributed by atoms with Crippen LogP contribution in [0.25, 0.3) is 0 Å². The van der Waals surface area contributed by atoms with Crippen LogP contribution in [0.5, 0.6) is 0 Å². The van der Waals surface area contributed by atoms with Crippen molar-refractivity contribution in [2.75, 3.05) is 45.9 Å². The lowest BCUT2D eigenvalue weighted by Crippen LogP contribution is -2.43. The summed E-state index contributed by atoms with van der Waals surface area (Å²) < 4.78 is 5.46. The Morgan fingerprint density at radius 1 is 1.12 bits per heavy atom. The topological polar surface area (TPSA) is 69.1 Å². The van der Waals surface area contributed by atoms with Crippen molar-refractivity contribution >= 4 is 29.9 Å². The lowest BCUT2D eigenvalue weighted by atomic mass is 10.2. The van der Waals surface area contributed by atoms with Crippen LogP contribution in [-0.4, -0.2) is 74.0 Å². The van der Waals surface area contributed by atoms with Crippen LogP contribution in [0.3, 0.4) is 0 Å². The summed E-state index contributed by atoms with van der Waals surface area (Å²) in [4.78, 5) is 6.92. The monoisotopic (exact) mass is 486 g/mol. The van der Waals surface area contributed by atoms with Crippen LogP contribution >= 0.6 is 24.0 Å². The van der Waals surface area contributed by atoms with Crippen LogP contribution in [0.2, 0.25) is 0 Å². The van der Waals surface area contributed by atoms with Gasteiger partial charge in [0.25, 0.3) is 0 Å². The summed E-state index contributed by atoms with van der Waals surface area (Å²) in [5, 5.41) is 16.6. The molecule has 0 saturated heterocycles. The number of halogens is 1. The molecule has 0 heterocycles. The van der Waals surface area contributed by atoms with Crippen LogP contribution in [0.1, 0.15) is 54.4 Å². The predicted molar refractivity (Wildman–Crippen MR) is 123 cm³/mol. The highest BCUT2D eigenvalue weighted by molar-refractivity contribution is 14.0. The predicted octanol–water partition coefficient (Wildman–Crippen LogP) is 2.70. The van der Waals surface area contributed by atoms with Crippen molar-refractivity contribution in [1.29, 1.82) is 0 Å². The number of hydrogen-bond donors (Lipinski definition) is 3. The normalized spacial score (nSPS) is 14.3. The highest BCUT2D eigenvalue weighted by Gasteiger charge is 2.09. The van der Waals surface area contributed by atoms with Crippen molar-refractivity contribution < 1.29 is 9.84 Å². The molecule has 0 aromatic rings. The molecule has 3 N–H and O–H groups in total. The Morgan fingerprint density at radius 3 is 2.31 bits per heavy atom. The SMILES string of the molecule is CCNC(=NCC(O)COCC(C)C)NC(C)CCCN(CC)CC.I. The van der Waals surface area contributed by atoms with Crippen LogP contribution in [-0.2, 0) is 4.74 Å². The molecule has 0 saturated carbocycles. The number of nitrogens with zero attached hydrogens (tertiary/aromatic N) is 2. The fourth-order valence-electron chi connectivity index (χ4n) is 2.48. The number of guanidine groups is 1. The molecule has 0 aliphatic rings. The lowest BCUT2D eigenvalue weighted by Gasteiger charge is -2.21. The van der Waals surface area contributed by atoms with Crippen molar-refractivity contribution in [2.45, 2.75) is 66.5 Å². The summed E-state index contributed by atoms with van der Waals surface area (Å²) in [6.07, 6.45) is 1.70. The maximum atomic E-state index is 9.98. The number of hydrogen-bond acceptors (Lipinski definition) is 4. The highest BCUT2D eigenvalue weighted by Crippen LogP contribution is 2.00. The second-order valence-electron chi connectivity index (χ2n) is 7.02. The van der Waals surface area contributed by atoms with E-state index in [4.69, 9.17) is 4.74 Å². The van der Waals surface area contributed by atoms with E-state index in [0.717, 1.165) is 38.6 Å². The van der Waals surface area contributed by atoms with Gasteiger partial charge in [0.1, 0.15) is 0 Å². The Balaban J connectivity index is 0. The molecule has 2 unspecified atom stereocenters. The third-order valence-corrected chi connectivity index (χ3v) is 3.95. The minimum atomic E-state index is -0.563. The zero-order valence-electron chi connectivity index (χ0n) is 17.8. The second-order valence-corrected chi connectivity index (χ2v) is 7.02. The van der Waals surface area contributed by atoms with Gasteiger partial charge in [-0.1, -0.05) is 27.7 Å². The minimum Gasteiger partial charge on any atom is -0.389 e. The fourth-order valence-corrected chi connectivity index (χ4v) is 2.48. The summed E-state index contributed by atoms with van der Waals surface area (Å²) in [6, 6.07) is 0.350. The first-order valence-electron chi connectivity index (χ1n) is 9.95. The fraction of sp³-hybridized carbons (Fsp3) is 0.947. The van der Waals surface area contributed by atoms with E-state index in [9.17, 15) is 5.11 Å². The van der Waals surface area contributed by atoms with Crippen molar-refractivity contribution in [3.63, 3.8) is 0 Å². The summed E-state index contributed by atoms with van der Waals surface area (Å²) >= 11 is 0. The van der Waals surface area contributed by atoms with Crippen molar-refractivity contribution in [3.8, 4) is 0 Å². The Kier molecular flexibility index (Phi) is 19.7. The van der Waals surface area contributed by atoms with Gasteiger partial charge in [-0.15, -0.1) is 24.0 Å². The van der Waals surface area contributed by atoms with Crippen LogP contribution in [0, 0.1) is 5.92 Å². The Labute approximate surface area is 178 Å². The average molecular weight is 486 g/mol. The molecule has 0 spiro atoms. The molecule has 7 heteroatoms. The Morgan fingerprint density at radius 2 is 1.77 bits per heavy atom.